The average molecular weight is 226 g/mol. The predicted octanol–water partition coefficient (Wildman–Crippen LogP) is 0.623. The first-order chi connectivity index (χ1) is 7.59. The molecule has 0 aromatic carbocycles. The lowest BCUT2D eigenvalue weighted by atomic mass is 9.91. The highest BCUT2D eigenvalue weighted by Crippen LogP contribution is 2.23. The van der Waals surface area contributed by atoms with Gasteiger partial charge in [0.15, 0.2) is 0 Å². The van der Waals surface area contributed by atoms with Crippen LogP contribution >= 0.6 is 0 Å². The SMILES string of the molecule is CC(C)(CNC1CC1)C(=O)N1CCOCC1. The van der Waals surface area contributed by atoms with Gasteiger partial charge in [-0.05, 0) is 26.7 Å². The topological polar surface area (TPSA) is 41.6 Å². The minimum atomic E-state index is -0.292. The van der Waals surface area contributed by atoms with Gasteiger partial charge < -0.3 is 15.0 Å². The van der Waals surface area contributed by atoms with E-state index in [-0.39, 0.29) is 11.3 Å². The molecular weight excluding hydrogens is 204 g/mol. The molecule has 1 N–H and O–H groups in total. The van der Waals surface area contributed by atoms with Crippen molar-refractivity contribution in [2.24, 2.45) is 5.41 Å². The Balaban J connectivity index is 1.84. The zero-order valence-corrected chi connectivity index (χ0v) is 10.3. The summed E-state index contributed by atoms with van der Waals surface area (Å²) in [6, 6.07) is 0.664. The van der Waals surface area contributed by atoms with Crippen molar-refractivity contribution in [3.05, 3.63) is 0 Å². The number of amides is 1. The van der Waals surface area contributed by atoms with Crippen LogP contribution in [0.4, 0.5) is 0 Å². The molecule has 1 amide bonds. The van der Waals surface area contributed by atoms with Crippen LogP contribution in [0.1, 0.15) is 26.7 Å². The molecule has 16 heavy (non-hydrogen) atoms. The minimum Gasteiger partial charge on any atom is -0.378 e. The largest absolute Gasteiger partial charge is 0.378 e. The average Bonchev–Trinajstić information content (AvgIpc) is 3.10. The van der Waals surface area contributed by atoms with Crippen molar-refractivity contribution >= 4 is 5.91 Å². The lowest BCUT2D eigenvalue weighted by molar-refractivity contribution is -0.144. The number of carbonyl (C=O) groups is 1. The summed E-state index contributed by atoms with van der Waals surface area (Å²) in [4.78, 5) is 14.2. The molecule has 0 radical (unpaired) electrons. The quantitative estimate of drug-likeness (QED) is 0.764. The van der Waals surface area contributed by atoms with E-state index in [0.717, 1.165) is 19.6 Å². The normalized spacial score (nSPS) is 22.2. The molecule has 1 saturated carbocycles. The van der Waals surface area contributed by atoms with Crippen LogP contribution in [-0.4, -0.2) is 49.7 Å². The molecule has 0 bridgehead atoms. The van der Waals surface area contributed by atoms with Crippen molar-refractivity contribution in [3.8, 4) is 0 Å². The van der Waals surface area contributed by atoms with E-state index in [1.54, 1.807) is 0 Å². The Labute approximate surface area is 97.3 Å². The molecule has 4 nitrogen and oxygen atoms in total. The molecular formula is C12H22N2O2. The summed E-state index contributed by atoms with van der Waals surface area (Å²) >= 11 is 0. The van der Waals surface area contributed by atoms with E-state index in [1.807, 2.05) is 18.7 Å². The third-order valence-corrected chi connectivity index (χ3v) is 3.29. The maximum Gasteiger partial charge on any atom is 0.229 e. The van der Waals surface area contributed by atoms with Gasteiger partial charge in [0.1, 0.15) is 0 Å². The van der Waals surface area contributed by atoms with Crippen molar-refractivity contribution < 1.29 is 9.53 Å². The lowest BCUT2D eigenvalue weighted by Gasteiger charge is -2.34. The molecule has 4 heteroatoms. The Morgan fingerprint density at radius 2 is 2.00 bits per heavy atom. The summed E-state index contributed by atoms with van der Waals surface area (Å²) in [5, 5.41) is 3.44. The van der Waals surface area contributed by atoms with Crippen molar-refractivity contribution in [2.45, 2.75) is 32.7 Å². The standard InChI is InChI=1S/C12H22N2O2/c1-12(2,9-13-10-3-4-10)11(15)14-5-7-16-8-6-14/h10,13H,3-9H2,1-2H3. The minimum absolute atomic E-state index is 0.254. The number of hydrogen-bond acceptors (Lipinski definition) is 3. The second kappa shape index (κ2) is 4.72. The van der Waals surface area contributed by atoms with Gasteiger partial charge in [-0.3, -0.25) is 4.79 Å². The molecule has 2 aliphatic rings. The highest BCUT2D eigenvalue weighted by molar-refractivity contribution is 5.82. The molecule has 0 unspecified atom stereocenters. The summed E-state index contributed by atoms with van der Waals surface area (Å²) in [5.41, 5.74) is -0.292. The van der Waals surface area contributed by atoms with Crippen molar-refractivity contribution in [1.29, 1.82) is 0 Å². The number of hydrogen-bond donors (Lipinski definition) is 1. The van der Waals surface area contributed by atoms with E-state index in [9.17, 15) is 4.79 Å². The molecule has 1 aliphatic carbocycles. The van der Waals surface area contributed by atoms with Gasteiger partial charge in [0, 0.05) is 25.7 Å². The Hall–Kier alpha value is -0.610. The fourth-order valence-corrected chi connectivity index (χ4v) is 1.96. The van der Waals surface area contributed by atoms with Gasteiger partial charge in [-0.15, -0.1) is 0 Å². The molecule has 2 rings (SSSR count). The van der Waals surface area contributed by atoms with Crippen LogP contribution in [0.5, 0.6) is 0 Å². The summed E-state index contributed by atoms with van der Waals surface area (Å²) in [6.45, 7) is 7.68. The van der Waals surface area contributed by atoms with E-state index in [0.29, 0.717) is 19.3 Å². The van der Waals surface area contributed by atoms with E-state index in [1.165, 1.54) is 12.8 Å². The van der Waals surface area contributed by atoms with E-state index in [2.05, 4.69) is 5.32 Å². The molecule has 1 heterocycles. The summed E-state index contributed by atoms with van der Waals surface area (Å²) in [6.07, 6.45) is 2.53. The van der Waals surface area contributed by atoms with Crippen molar-refractivity contribution in [2.75, 3.05) is 32.8 Å². The third-order valence-electron chi connectivity index (χ3n) is 3.29. The molecule has 1 aliphatic heterocycles. The van der Waals surface area contributed by atoms with E-state index in [4.69, 9.17) is 4.74 Å². The molecule has 92 valence electrons. The Morgan fingerprint density at radius 1 is 1.38 bits per heavy atom. The van der Waals surface area contributed by atoms with Gasteiger partial charge in [-0.25, -0.2) is 0 Å². The maximum atomic E-state index is 12.3. The van der Waals surface area contributed by atoms with Crippen molar-refractivity contribution in [3.63, 3.8) is 0 Å². The van der Waals surface area contributed by atoms with Crippen LogP contribution in [0.2, 0.25) is 0 Å². The number of carbonyl (C=O) groups excluding carboxylic acids is 1. The van der Waals surface area contributed by atoms with Crippen LogP contribution < -0.4 is 5.32 Å². The van der Waals surface area contributed by atoms with E-state index < -0.39 is 0 Å². The number of ether oxygens (including phenoxy) is 1. The predicted molar refractivity (Wildman–Crippen MR) is 62.2 cm³/mol. The van der Waals surface area contributed by atoms with Crippen molar-refractivity contribution in [1.82, 2.24) is 10.2 Å². The monoisotopic (exact) mass is 226 g/mol. The molecule has 0 aromatic heterocycles. The first-order valence-corrected chi connectivity index (χ1v) is 6.20. The first-order valence-electron chi connectivity index (χ1n) is 6.20. The molecule has 1 saturated heterocycles. The van der Waals surface area contributed by atoms with Gasteiger partial charge in [0.05, 0.1) is 18.6 Å². The second-order valence-electron chi connectivity index (χ2n) is 5.44. The van der Waals surface area contributed by atoms with Gasteiger partial charge in [-0.1, -0.05) is 0 Å². The fourth-order valence-electron chi connectivity index (χ4n) is 1.96. The number of nitrogens with one attached hydrogen (secondary N) is 1. The third kappa shape index (κ3) is 2.95. The van der Waals surface area contributed by atoms with Gasteiger partial charge in [0.25, 0.3) is 0 Å². The zero-order valence-electron chi connectivity index (χ0n) is 10.3. The van der Waals surface area contributed by atoms with Crippen LogP contribution in [0.15, 0.2) is 0 Å². The highest BCUT2D eigenvalue weighted by Gasteiger charge is 2.34. The number of rotatable bonds is 4. The van der Waals surface area contributed by atoms with Gasteiger partial charge >= 0.3 is 0 Å². The summed E-state index contributed by atoms with van der Waals surface area (Å²) in [5.74, 6) is 0.254. The molecule has 0 atom stereocenters. The summed E-state index contributed by atoms with van der Waals surface area (Å²) in [7, 11) is 0. The van der Waals surface area contributed by atoms with Crippen LogP contribution in [-0.2, 0) is 9.53 Å². The molecule has 0 spiro atoms. The lowest BCUT2D eigenvalue weighted by Crippen LogP contribution is -2.50. The second-order valence-corrected chi connectivity index (χ2v) is 5.44. The fraction of sp³-hybridized carbons (Fsp3) is 0.917. The molecule has 0 aromatic rings. The Kier molecular flexibility index (Phi) is 3.50. The van der Waals surface area contributed by atoms with Crippen LogP contribution in [0.25, 0.3) is 0 Å². The first kappa shape index (κ1) is 11.9. The zero-order chi connectivity index (χ0) is 11.6. The number of morpholine rings is 1. The smallest absolute Gasteiger partial charge is 0.229 e. The summed E-state index contributed by atoms with van der Waals surface area (Å²) < 4.78 is 5.26. The Bertz CT molecular complexity index is 256. The highest BCUT2D eigenvalue weighted by atomic mass is 16.5. The van der Waals surface area contributed by atoms with Crippen LogP contribution in [0, 0.1) is 5.41 Å². The van der Waals surface area contributed by atoms with Gasteiger partial charge in [0.2, 0.25) is 5.91 Å². The molecule has 2 fully saturated rings. The van der Waals surface area contributed by atoms with Crippen LogP contribution in [0.3, 0.4) is 0 Å². The maximum absolute atomic E-state index is 12.3. The van der Waals surface area contributed by atoms with E-state index >= 15 is 0 Å². The number of nitrogens with zero attached hydrogens (tertiary/aromatic N) is 1. The van der Waals surface area contributed by atoms with Gasteiger partial charge in [-0.2, -0.15) is 0 Å². The Morgan fingerprint density at radius 3 is 2.56 bits per heavy atom.